The topological polar surface area (TPSA) is 127 Å². The fourth-order valence-corrected chi connectivity index (χ4v) is 3.15. The Morgan fingerprint density at radius 3 is 2.48 bits per heavy atom. The number of nitrogens with two attached hydrogens (primary N) is 1. The number of halogens is 1. The average molecular weight is 378 g/mol. The SMILES string of the molecule is CS(=O)(=O)Nc1nnc(NC(=O)CC(N)c2ccccc2)s1.Cl. The smallest absolute Gasteiger partial charge is 0.231 e. The second kappa shape index (κ2) is 8.20. The normalized spacial score (nSPS) is 12.1. The molecule has 126 valence electrons. The molecule has 0 saturated carbocycles. The van der Waals surface area contributed by atoms with Gasteiger partial charge in [-0.1, -0.05) is 41.7 Å². The second-order valence-electron chi connectivity index (χ2n) is 4.56. The molecule has 8 nitrogen and oxygen atoms in total. The molecule has 0 spiro atoms. The zero-order chi connectivity index (χ0) is 16.2. The van der Waals surface area contributed by atoms with Crippen LogP contribution in [-0.2, 0) is 14.8 Å². The molecular formula is C12H16ClN5O3S2. The number of sulfonamides is 1. The van der Waals surface area contributed by atoms with Gasteiger partial charge in [0.15, 0.2) is 0 Å². The van der Waals surface area contributed by atoms with Crippen LogP contribution in [-0.4, -0.2) is 30.8 Å². The van der Waals surface area contributed by atoms with Crippen LogP contribution in [0.3, 0.4) is 0 Å². The van der Waals surface area contributed by atoms with Gasteiger partial charge in [-0.3, -0.25) is 9.52 Å². The highest BCUT2D eigenvalue weighted by molar-refractivity contribution is 7.92. The van der Waals surface area contributed by atoms with Gasteiger partial charge < -0.3 is 11.1 Å². The lowest BCUT2D eigenvalue weighted by molar-refractivity contribution is -0.116. The molecule has 23 heavy (non-hydrogen) atoms. The van der Waals surface area contributed by atoms with Crippen LogP contribution in [0, 0.1) is 0 Å². The van der Waals surface area contributed by atoms with Gasteiger partial charge in [-0.15, -0.1) is 22.6 Å². The highest BCUT2D eigenvalue weighted by Gasteiger charge is 2.14. The Kier molecular flexibility index (Phi) is 6.88. The third-order valence-electron chi connectivity index (χ3n) is 2.58. The van der Waals surface area contributed by atoms with Crippen LogP contribution in [0.25, 0.3) is 0 Å². The summed E-state index contributed by atoms with van der Waals surface area (Å²) in [5, 5.41) is 10.1. The summed E-state index contributed by atoms with van der Waals surface area (Å²) in [6.07, 6.45) is 1.09. The van der Waals surface area contributed by atoms with Crippen molar-refractivity contribution in [2.75, 3.05) is 16.3 Å². The number of aromatic nitrogens is 2. The highest BCUT2D eigenvalue weighted by atomic mass is 35.5. The molecule has 0 aliphatic rings. The fourth-order valence-electron chi connectivity index (χ4n) is 1.66. The van der Waals surface area contributed by atoms with Gasteiger partial charge in [0.2, 0.25) is 26.2 Å². The van der Waals surface area contributed by atoms with E-state index in [1.54, 1.807) is 0 Å². The molecule has 11 heteroatoms. The van der Waals surface area contributed by atoms with E-state index < -0.39 is 16.1 Å². The maximum absolute atomic E-state index is 11.9. The first kappa shape index (κ1) is 19.3. The molecule has 2 aromatic rings. The average Bonchev–Trinajstić information content (AvgIpc) is 2.84. The summed E-state index contributed by atoms with van der Waals surface area (Å²) in [5.41, 5.74) is 6.81. The molecule has 0 radical (unpaired) electrons. The maximum atomic E-state index is 11.9. The zero-order valence-corrected chi connectivity index (χ0v) is 14.5. The number of hydrogen-bond donors (Lipinski definition) is 3. The lowest BCUT2D eigenvalue weighted by Crippen LogP contribution is -2.20. The first-order valence-electron chi connectivity index (χ1n) is 6.25. The lowest BCUT2D eigenvalue weighted by Gasteiger charge is -2.10. The number of carbonyl (C=O) groups excluding carboxylic acids is 1. The Hall–Kier alpha value is -1.75. The number of nitrogens with one attached hydrogen (secondary N) is 2. The summed E-state index contributed by atoms with van der Waals surface area (Å²) >= 11 is 0.926. The van der Waals surface area contributed by atoms with Gasteiger partial charge in [-0.05, 0) is 5.56 Å². The van der Waals surface area contributed by atoms with E-state index in [2.05, 4.69) is 20.2 Å². The minimum Gasteiger partial charge on any atom is -0.324 e. The van der Waals surface area contributed by atoms with E-state index in [0.29, 0.717) is 0 Å². The molecule has 1 atom stereocenters. The van der Waals surface area contributed by atoms with Gasteiger partial charge in [0.05, 0.1) is 6.26 Å². The van der Waals surface area contributed by atoms with Crippen LogP contribution in [0.1, 0.15) is 18.0 Å². The Morgan fingerprint density at radius 1 is 1.26 bits per heavy atom. The summed E-state index contributed by atoms with van der Waals surface area (Å²) in [4.78, 5) is 11.9. The Labute approximate surface area is 144 Å². The van der Waals surface area contributed by atoms with Gasteiger partial charge in [-0.2, -0.15) is 0 Å². The van der Waals surface area contributed by atoms with Crippen LogP contribution < -0.4 is 15.8 Å². The molecule has 1 unspecified atom stereocenters. The van der Waals surface area contributed by atoms with Crippen molar-refractivity contribution in [3.63, 3.8) is 0 Å². The fraction of sp³-hybridized carbons (Fsp3) is 0.250. The number of hydrogen-bond acceptors (Lipinski definition) is 7. The van der Waals surface area contributed by atoms with Crippen molar-refractivity contribution >= 4 is 49.9 Å². The van der Waals surface area contributed by atoms with E-state index in [1.165, 1.54) is 0 Å². The number of nitrogens with zero attached hydrogens (tertiary/aromatic N) is 2. The molecule has 0 fully saturated rings. The first-order valence-corrected chi connectivity index (χ1v) is 8.96. The Bertz CT molecular complexity index is 751. The van der Waals surface area contributed by atoms with Crippen molar-refractivity contribution in [1.29, 1.82) is 0 Å². The molecule has 1 aromatic carbocycles. The number of rotatable bonds is 6. The molecule has 1 heterocycles. The lowest BCUT2D eigenvalue weighted by atomic mass is 10.0. The summed E-state index contributed by atoms with van der Waals surface area (Å²) in [7, 11) is -3.42. The van der Waals surface area contributed by atoms with Crippen LogP contribution >= 0.6 is 23.7 Å². The summed E-state index contributed by atoms with van der Waals surface area (Å²) in [6, 6.07) is 8.83. The molecule has 1 aromatic heterocycles. The molecule has 0 bridgehead atoms. The molecule has 0 saturated heterocycles. The van der Waals surface area contributed by atoms with Gasteiger partial charge in [-0.25, -0.2) is 8.42 Å². The van der Waals surface area contributed by atoms with E-state index >= 15 is 0 Å². The number of benzene rings is 1. The standard InChI is InChI=1S/C12H15N5O3S2.ClH/c1-22(19,20)17-12-16-15-11(21-12)14-10(18)7-9(13)8-5-3-2-4-6-8;/h2-6,9H,7,13H2,1H3,(H,16,17)(H,14,15,18);1H. The second-order valence-corrected chi connectivity index (χ2v) is 7.28. The number of amides is 1. The monoisotopic (exact) mass is 377 g/mol. The molecule has 0 aliphatic heterocycles. The van der Waals surface area contributed by atoms with E-state index in [9.17, 15) is 13.2 Å². The number of carbonyl (C=O) groups is 1. The first-order chi connectivity index (χ1) is 10.3. The summed E-state index contributed by atoms with van der Waals surface area (Å²) in [6.45, 7) is 0. The molecule has 1 amide bonds. The van der Waals surface area contributed by atoms with Crippen molar-refractivity contribution in [1.82, 2.24) is 10.2 Å². The van der Waals surface area contributed by atoms with Crippen molar-refractivity contribution < 1.29 is 13.2 Å². The van der Waals surface area contributed by atoms with E-state index in [4.69, 9.17) is 5.73 Å². The molecule has 0 aliphatic carbocycles. The minimum absolute atomic E-state index is 0. The third-order valence-corrected chi connectivity index (χ3v) is 4.02. The van der Waals surface area contributed by atoms with Crippen LogP contribution in [0.15, 0.2) is 30.3 Å². The van der Waals surface area contributed by atoms with E-state index in [-0.39, 0.29) is 35.0 Å². The summed E-state index contributed by atoms with van der Waals surface area (Å²) in [5.74, 6) is -0.321. The van der Waals surface area contributed by atoms with Gasteiger partial charge in [0.25, 0.3) is 0 Å². The Morgan fingerprint density at radius 2 is 1.87 bits per heavy atom. The largest absolute Gasteiger partial charge is 0.324 e. The van der Waals surface area contributed by atoms with Gasteiger partial charge >= 0.3 is 0 Å². The zero-order valence-electron chi connectivity index (χ0n) is 12.1. The predicted molar refractivity (Wildman–Crippen MR) is 92.2 cm³/mol. The molecule has 4 N–H and O–H groups in total. The van der Waals surface area contributed by atoms with E-state index in [1.807, 2.05) is 30.3 Å². The van der Waals surface area contributed by atoms with Crippen molar-refractivity contribution in [2.24, 2.45) is 5.73 Å². The Balaban J connectivity index is 0.00000264. The quantitative estimate of drug-likeness (QED) is 0.697. The van der Waals surface area contributed by atoms with Crippen LogP contribution in [0.2, 0.25) is 0 Å². The third kappa shape index (κ3) is 6.48. The minimum atomic E-state index is -3.42. The van der Waals surface area contributed by atoms with Crippen LogP contribution in [0.4, 0.5) is 10.3 Å². The summed E-state index contributed by atoms with van der Waals surface area (Å²) < 4.78 is 24.3. The van der Waals surface area contributed by atoms with Crippen LogP contribution in [0.5, 0.6) is 0 Å². The van der Waals surface area contributed by atoms with Crippen molar-refractivity contribution in [3.05, 3.63) is 35.9 Å². The molecule has 2 rings (SSSR count). The van der Waals surface area contributed by atoms with Gasteiger partial charge in [0, 0.05) is 12.5 Å². The van der Waals surface area contributed by atoms with Gasteiger partial charge in [0.1, 0.15) is 0 Å². The highest BCUT2D eigenvalue weighted by Crippen LogP contribution is 2.21. The number of anilines is 2. The van der Waals surface area contributed by atoms with Crippen molar-refractivity contribution in [2.45, 2.75) is 12.5 Å². The maximum Gasteiger partial charge on any atom is 0.231 e. The van der Waals surface area contributed by atoms with Crippen molar-refractivity contribution in [3.8, 4) is 0 Å². The van der Waals surface area contributed by atoms with E-state index in [0.717, 1.165) is 23.2 Å². The molecular weight excluding hydrogens is 362 g/mol. The predicted octanol–water partition coefficient (Wildman–Crippen LogP) is 1.36.